The van der Waals surface area contributed by atoms with E-state index in [-0.39, 0.29) is 5.91 Å². The van der Waals surface area contributed by atoms with Crippen LogP contribution >= 0.6 is 11.6 Å². The van der Waals surface area contributed by atoms with Gasteiger partial charge in [-0.25, -0.2) is 0 Å². The van der Waals surface area contributed by atoms with Crippen molar-refractivity contribution < 1.29 is 4.79 Å². The fourth-order valence-electron chi connectivity index (χ4n) is 2.54. The first kappa shape index (κ1) is 16.3. The summed E-state index contributed by atoms with van der Waals surface area (Å²) >= 11 is 5.88. The van der Waals surface area contributed by atoms with E-state index in [4.69, 9.17) is 11.6 Å². The zero-order chi connectivity index (χ0) is 16.9. The van der Waals surface area contributed by atoms with E-state index in [1.54, 1.807) is 12.4 Å². The molecule has 3 aromatic rings. The Hall–Kier alpha value is -2.59. The summed E-state index contributed by atoms with van der Waals surface area (Å²) in [5.74, 6) is -0.0906. The van der Waals surface area contributed by atoms with Gasteiger partial charge in [0, 0.05) is 42.3 Å². The van der Waals surface area contributed by atoms with Crippen LogP contribution in [0.5, 0.6) is 0 Å². The molecule has 3 rings (SSSR count). The third-order valence-electron chi connectivity index (χ3n) is 3.85. The number of aryl methyl sites for hydroxylation is 1. The summed E-state index contributed by atoms with van der Waals surface area (Å²) in [6.45, 7) is 3.22. The molecular weight excluding hydrogens is 322 g/mol. The van der Waals surface area contributed by atoms with Gasteiger partial charge in [-0.3, -0.25) is 9.78 Å². The Balaban J connectivity index is 1.76. The molecule has 0 fully saturated rings. The number of pyridine rings is 1. The number of rotatable bonds is 5. The summed E-state index contributed by atoms with van der Waals surface area (Å²) in [6, 6.07) is 13.2. The number of hydrogen-bond donors (Lipinski definition) is 1. The molecule has 0 atom stereocenters. The molecule has 2 heterocycles. The molecule has 24 heavy (non-hydrogen) atoms. The van der Waals surface area contributed by atoms with Crippen LogP contribution in [0.1, 0.15) is 23.0 Å². The second-order valence-electron chi connectivity index (χ2n) is 5.45. The number of halogens is 1. The SMILES string of the molecule is CCn1cc(-c2ccncc2)cc1C(=O)NCc1ccc(Cl)cc1. The van der Waals surface area contributed by atoms with Crippen LogP contribution in [0.2, 0.25) is 5.02 Å². The largest absolute Gasteiger partial charge is 0.347 e. The monoisotopic (exact) mass is 339 g/mol. The first-order valence-corrected chi connectivity index (χ1v) is 8.18. The van der Waals surface area contributed by atoms with Gasteiger partial charge >= 0.3 is 0 Å². The van der Waals surface area contributed by atoms with Crippen molar-refractivity contribution in [3.05, 3.63) is 77.3 Å². The van der Waals surface area contributed by atoms with Gasteiger partial charge in [-0.05, 0) is 48.4 Å². The number of aromatic nitrogens is 2. The van der Waals surface area contributed by atoms with Crippen molar-refractivity contribution in [3.63, 3.8) is 0 Å². The zero-order valence-electron chi connectivity index (χ0n) is 13.4. The molecule has 0 unspecified atom stereocenters. The molecule has 0 radical (unpaired) electrons. The average Bonchev–Trinajstić information content (AvgIpc) is 3.06. The Morgan fingerprint density at radius 1 is 1.12 bits per heavy atom. The maximum absolute atomic E-state index is 12.5. The van der Waals surface area contributed by atoms with E-state index in [0.717, 1.165) is 23.2 Å². The Kier molecular flexibility index (Phi) is 4.96. The quantitative estimate of drug-likeness (QED) is 0.759. The van der Waals surface area contributed by atoms with Crippen molar-refractivity contribution in [1.29, 1.82) is 0 Å². The number of nitrogens with zero attached hydrogens (tertiary/aromatic N) is 2. The van der Waals surface area contributed by atoms with Gasteiger partial charge in [0.25, 0.3) is 5.91 Å². The van der Waals surface area contributed by atoms with E-state index < -0.39 is 0 Å². The minimum Gasteiger partial charge on any atom is -0.347 e. The minimum atomic E-state index is -0.0906. The molecule has 1 N–H and O–H groups in total. The molecule has 0 saturated heterocycles. The summed E-state index contributed by atoms with van der Waals surface area (Å²) < 4.78 is 1.95. The lowest BCUT2D eigenvalue weighted by atomic mass is 10.1. The van der Waals surface area contributed by atoms with E-state index in [1.165, 1.54) is 0 Å². The van der Waals surface area contributed by atoms with Gasteiger partial charge in [0.2, 0.25) is 0 Å². The van der Waals surface area contributed by atoms with Crippen LogP contribution in [-0.4, -0.2) is 15.5 Å². The van der Waals surface area contributed by atoms with E-state index >= 15 is 0 Å². The first-order chi connectivity index (χ1) is 11.7. The van der Waals surface area contributed by atoms with Gasteiger partial charge in [-0.2, -0.15) is 0 Å². The van der Waals surface area contributed by atoms with Crippen LogP contribution < -0.4 is 5.32 Å². The molecule has 0 aliphatic rings. The number of carbonyl (C=O) groups excluding carboxylic acids is 1. The van der Waals surface area contributed by atoms with Gasteiger partial charge in [-0.1, -0.05) is 23.7 Å². The lowest BCUT2D eigenvalue weighted by Crippen LogP contribution is -2.25. The molecule has 0 bridgehead atoms. The second kappa shape index (κ2) is 7.32. The molecular formula is C19H18ClN3O. The highest BCUT2D eigenvalue weighted by molar-refractivity contribution is 6.30. The molecule has 5 heteroatoms. The van der Waals surface area contributed by atoms with Crippen molar-refractivity contribution in [3.8, 4) is 11.1 Å². The highest BCUT2D eigenvalue weighted by atomic mass is 35.5. The lowest BCUT2D eigenvalue weighted by Gasteiger charge is -2.08. The highest BCUT2D eigenvalue weighted by Gasteiger charge is 2.13. The van der Waals surface area contributed by atoms with Crippen molar-refractivity contribution in [2.45, 2.75) is 20.0 Å². The van der Waals surface area contributed by atoms with E-state index in [1.807, 2.05) is 60.2 Å². The number of benzene rings is 1. The van der Waals surface area contributed by atoms with E-state index in [9.17, 15) is 4.79 Å². The summed E-state index contributed by atoms with van der Waals surface area (Å²) in [4.78, 5) is 16.6. The predicted molar refractivity (Wildman–Crippen MR) is 96.0 cm³/mol. The van der Waals surface area contributed by atoms with Crippen molar-refractivity contribution in [2.24, 2.45) is 0 Å². The lowest BCUT2D eigenvalue weighted by molar-refractivity contribution is 0.0942. The van der Waals surface area contributed by atoms with Crippen LogP contribution in [0, 0.1) is 0 Å². The number of carbonyl (C=O) groups is 1. The summed E-state index contributed by atoms with van der Waals surface area (Å²) in [5.41, 5.74) is 3.72. The molecule has 4 nitrogen and oxygen atoms in total. The summed E-state index contributed by atoms with van der Waals surface area (Å²) in [6.07, 6.45) is 5.49. The van der Waals surface area contributed by atoms with Crippen molar-refractivity contribution in [2.75, 3.05) is 0 Å². The zero-order valence-corrected chi connectivity index (χ0v) is 14.1. The van der Waals surface area contributed by atoms with Gasteiger partial charge < -0.3 is 9.88 Å². The van der Waals surface area contributed by atoms with Crippen LogP contribution in [0.4, 0.5) is 0 Å². The smallest absolute Gasteiger partial charge is 0.268 e. The molecule has 2 aromatic heterocycles. The third kappa shape index (κ3) is 3.66. The normalized spacial score (nSPS) is 10.6. The van der Waals surface area contributed by atoms with Crippen LogP contribution in [0.15, 0.2) is 61.1 Å². The highest BCUT2D eigenvalue weighted by Crippen LogP contribution is 2.21. The van der Waals surface area contributed by atoms with Gasteiger partial charge in [0.15, 0.2) is 0 Å². The fourth-order valence-corrected chi connectivity index (χ4v) is 2.67. The first-order valence-electron chi connectivity index (χ1n) is 7.80. The molecule has 0 aliphatic heterocycles. The third-order valence-corrected chi connectivity index (χ3v) is 4.10. The number of hydrogen-bond acceptors (Lipinski definition) is 2. The van der Waals surface area contributed by atoms with Crippen LogP contribution in [-0.2, 0) is 13.1 Å². The summed E-state index contributed by atoms with van der Waals surface area (Å²) in [5, 5.41) is 3.65. The van der Waals surface area contributed by atoms with E-state index in [0.29, 0.717) is 17.3 Å². The molecule has 1 amide bonds. The molecule has 1 aromatic carbocycles. The Labute approximate surface area is 146 Å². The number of nitrogens with one attached hydrogen (secondary N) is 1. The molecule has 122 valence electrons. The standard InChI is InChI=1S/C19H18ClN3O/c1-2-23-13-16(15-7-9-21-10-8-15)11-18(23)19(24)22-12-14-3-5-17(20)6-4-14/h3-11,13H,2,12H2,1H3,(H,22,24). The summed E-state index contributed by atoms with van der Waals surface area (Å²) in [7, 11) is 0. The molecule has 0 spiro atoms. The fraction of sp³-hybridized carbons (Fsp3) is 0.158. The van der Waals surface area contributed by atoms with Gasteiger partial charge in [0.1, 0.15) is 5.69 Å². The van der Waals surface area contributed by atoms with Gasteiger partial charge in [-0.15, -0.1) is 0 Å². The van der Waals surface area contributed by atoms with Crippen molar-refractivity contribution in [1.82, 2.24) is 14.9 Å². The van der Waals surface area contributed by atoms with Crippen LogP contribution in [0.25, 0.3) is 11.1 Å². The molecule has 0 saturated carbocycles. The van der Waals surface area contributed by atoms with Crippen LogP contribution in [0.3, 0.4) is 0 Å². The second-order valence-corrected chi connectivity index (χ2v) is 5.88. The average molecular weight is 340 g/mol. The maximum Gasteiger partial charge on any atom is 0.268 e. The minimum absolute atomic E-state index is 0.0906. The van der Waals surface area contributed by atoms with E-state index in [2.05, 4.69) is 10.3 Å². The number of amides is 1. The predicted octanol–water partition coefficient (Wildman–Crippen LogP) is 4.15. The molecule has 0 aliphatic carbocycles. The Bertz CT molecular complexity index is 826. The van der Waals surface area contributed by atoms with Gasteiger partial charge in [0.05, 0.1) is 0 Å². The topological polar surface area (TPSA) is 46.9 Å². The maximum atomic E-state index is 12.5. The Morgan fingerprint density at radius 2 is 1.83 bits per heavy atom. The Morgan fingerprint density at radius 3 is 2.50 bits per heavy atom. The van der Waals surface area contributed by atoms with Crippen molar-refractivity contribution >= 4 is 17.5 Å².